The maximum Gasteiger partial charge on any atom is 0.339 e. The summed E-state index contributed by atoms with van der Waals surface area (Å²) in [6, 6.07) is 9.53. The Morgan fingerprint density at radius 2 is 2.10 bits per heavy atom. The monoisotopic (exact) mass is 286 g/mol. The van der Waals surface area contributed by atoms with Crippen molar-refractivity contribution in [2.45, 2.75) is 0 Å². The summed E-state index contributed by atoms with van der Waals surface area (Å²) in [5, 5.41) is 0.945. The van der Waals surface area contributed by atoms with Crippen molar-refractivity contribution in [1.82, 2.24) is 9.88 Å². The van der Waals surface area contributed by atoms with E-state index in [1.807, 2.05) is 30.3 Å². The second-order valence-corrected chi connectivity index (χ2v) is 5.01. The Morgan fingerprint density at radius 3 is 2.95 bits per heavy atom. The highest BCUT2D eigenvalue weighted by Gasteiger charge is 2.12. The number of pyridine rings is 1. The highest BCUT2D eigenvalue weighted by Crippen LogP contribution is 2.13. The summed E-state index contributed by atoms with van der Waals surface area (Å²) >= 11 is 0. The van der Waals surface area contributed by atoms with E-state index >= 15 is 0 Å². The lowest BCUT2D eigenvalue weighted by Crippen LogP contribution is -2.38. The molecule has 0 N–H and O–H groups in total. The zero-order chi connectivity index (χ0) is 14.5. The topological polar surface area (TPSA) is 51.7 Å². The Balaban J connectivity index is 1.56. The normalized spacial score (nSPS) is 16.0. The molecule has 5 heteroatoms. The van der Waals surface area contributed by atoms with Gasteiger partial charge in [0.25, 0.3) is 0 Å². The van der Waals surface area contributed by atoms with Gasteiger partial charge < -0.3 is 9.47 Å². The number of carbonyl (C=O) groups is 1. The van der Waals surface area contributed by atoms with Gasteiger partial charge in [-0.2, -0.15) is 0 Å². The highest BCUT2D eigenvalue weighted by atomic mass is 16.5. The van der Waals surface area contributed by atoms with E-state index in [2.05, 4.69) is 9.88 Å². The molecular formula is C16H18N2O3. The second-order valence-electron chi connectivity index (χ2n) is 5.01. The first kappa shape index (κ1) is 14.0. The molecule has 0 atom stereocenters. The van der Waals surface area contributed by atoms with E-state index < -0.39 is 0 Å². The summed E-state index contributed by atoms with van der Waals surface area (Å²) < 4.78 is 10.6. The third-order valence-corrected chi connectivity index (χ3v) is 3.57. The van der Waals surface area contributed by atoms with Crippen LogP contribution in [0, 0.1) is 0 Å². The highest BCUT2D eigenvalue weighted by molar-refractivity contribution is 5.93. The Morgan fingerprint density at radius 1 is 1.29 bits per heavy atom. The lowest BCUT2D eigenvalue weighted by atomic mass is 10.1. The lowest BCUT2D eigenvalue weighted by molar-refractivity contribution is 0.0195. The molecule has 0 aliphatic carbocycles. The predicted molar refractivity (Wildman–Crippen MR) is 79.3 cm³/mol. The number of benzene rings is 1. The number of morpholine rings is 1. The van der Waals surface area contributed by atoms with Gasteiger partial charge in [-0.25, -0.2) is 4.79 Å². The van der Waals surface area contributed by atoms with Crippen molar-refractivity contribution in [2.24, 2.45) is 0 Å². The van der Waals surface area contributed by atoms with Crippen LogP contribution in [0.2, 0.25) is 0 Å². The number of para-hydroxylation sites is 1. The van der Waals surface area contributed by atoms with Crippen LogP contribution < -0.4 is 0 Å². The van der Waals surface area contributed by atoms with Crippen molar-refractivity contribution in [2.75, 3.05) is 39.5 Å². The third-order valence-electron chi connectivity index (χ3n) is 3.57. The fourth-order valence-corrected chi connectivity index (χ4v) is 2.36. The molecule has 0 bridgehead atoms. The number of esters is 1. The number of carbonyl (C=O) groups excluding carboxylic acids is 1. The van der Waals surface area contributed by atoms with Crippen LogP contribution in [0.1, 0.15) is 10.4 Å². The van der Waals surface area contributed by atoms with E-state index in [0.717, 1.165) is 43.8 Å². The van der Waals surface area contributed by atoms with Crippen LogP contribution in [0.3, 0.4) is 0 Å². The summed E-state index contributed by atoms with van der Waals surface area (Å²) in [5.74, 6) is -0.318. The fourth-order valence-electron chi connectivity index (χ4n) is 2.36. The molecule has 0 unspecified atom stereocenters. The van der Waals surface area contributed by atoms with Crippen LogP contribution in [0.4, 0.5) is 0 Å². The molecule has 2 heterocycles. The maximum atomic E-state index is 12.0. The minimum Gasteiger partial charge on any atom is -0.461 e. The van der Waals surface area contributed by atoms with Gasteiger partial charge in [0.15, 0.2) is 0 Å². The average molecular weight is 286 g/mol. The van der Waals surface area contributed by atoms with Gasteiger partial charge in [0.05, 0.1) is 24.3 Å². The van der Waals surface area contributed by atoms with Crippen molar-refractivity contribution in [1.29, 1.82) is 0 Å². The first-order valence-electron chi connectivity index (χ1n) is 7.15. The quantitative estimate of drug-likeness (QED) is 0.801. The van der Waals surface area contributed by atoms with Gasteiger partial charge in [-0.05, 0) is 12.1 Å². The van der Waals surface area contributed by atoms with Gasteiger partial charge in [0.2, 0.25) is 0 Å². The Bertz CT molecular complexity index is 624. The van der Waals surface area contributed by atoms with Crippen LogP contribution >= 0.6 is 0 Å². The molecule has 1 aromatic carbocycles. The minimum absolute atomic E-state index is 0.318. The van der Waals surface area contributed by atoms with E-state index in [1.54, 1.807) is 6.20 Å². The smallest absolute Gasteiger partial charge is 0.339 e. The van der Waals surface area contributed by atoms with Crippen LogP contribution in [0.15, 0.2) is 36.5 Å². The van der Waals surface area contributed by atoms with Gasteiger partial charge >= 0.3 is 5.97 Å². The molecule has 110 valence electrons. The largest absolute Gasteiger partial charge is 0.461 e. The maximum absolute atomic E-state index is 12.0. The van der Waals surface area contributed by atoms with Crippen molar-refractivity contribution in [3.63, 3.8) is 0 Å². The molecule has 0 amide bonds. The van der Waals surface area contributed by atoms with Gasteiger partial charge in [0.1, 0.15) is 6.61 Å². The zero-order valence-electron chi connectivity index (χ0n) is 11.8. The first-order chi connectivity index (χ1) is 10.3. The van der Waals surface area contributed by atoms with Crippen LogP contribution in [0.5, 0.6) is 0 Å². The van der Waals surface area contributed by atoms with E-state index in [4.69, 9.17) is 9.47 Å². The van der Waals surface area contributed by atoms with Crippen molar-refractivity contribution in [3.8, 4) is 0 Å². The molecule has 1 saturated heterocycles. The van der Waals surface area contributed by atoms with Crippen LogP contribution in [0.25, 0.3) is 10.9 Å². The van der Waals surface area contributed by atoms with Gasteiger partial charge in [0, 0.05) is 31.2 Å². The molecule has 21 heavy (non-hydrogen) atoms. The molecule has 1 aromatic heterocycles. The third kappa shape index (κ3) is 3.56. The summed E-state index contributed by atoms with van der Waals surface area (Å²) in [7, 11) is 0. The number of hydrogen-bond acceptors (Lipinski definition) is 5. The van der Waals surface area contributed by atoms with Crippen LogP contribution in [-0.2, 0) is 9.47 Å². The Hall–Kier alpha value is -1.98. The average Bonchev–Trinajstić information content (AvgIpc) is 2.55. The lowest BCUT2D eigenvalue weighted by Gasteiger charge is -2.26. The summed E-state index contributed by atoms with van der Waals surface area (Å²) in [6.45, 7) is 4.44. The number of fused-ring (bicyclic) bond motifs is 1. The van der Waals surface area contributed by atoms with Crippen LogP contribution in [-0.4, -0.2) is 55.3 Å². The number of nitrogens with zero attached hydrogens (tertiary/aromatic N) is 2. The summed E-state index contributed by atoms with van der Waals surface area (Å²) in [5.41, 5.74) is 1.37. The molecule has 3 rings (SSSR count). The first-order valence-corrected chi connectivity index (χ1v) is 7.15. The van der Waals surface area contributed by atoms with E-state index in [-0.39, 0.29) is 5.97 Å². The zero-order valence-corrected chi connectivity index (χ0v) is 11.8. The molecule has 1 aliphatic rings. The predicted octanol–water partition coefficient (Wildman–Crippen LogP) is 1.72. The SMILES string of the molecule is O=C(OCCN1CCOCC1)c1cnc2ccccc2c1. The van der Waals surface area contributed by atoms with Gasteiger partial charge in [-0.3, -0.25) is 9.88 Å². The van der Waals surface area contributed by atoms with Crippen molar-refractivity contribution >= 4 is 16.9 Å². The number of ether oxygens (including phenoxy) is 2. The van der Waals surface area contributed by atoms with E-state index in [9.17, 15) is 4.79 Å². The molecule has 5 nitrogen and oxygen atoms in total. The number of hydrogen-bond donors (Lipinski definition) is 0. The number of aromatic nitrogens is 1. The molecular weight excluding hydrogens is 268 g/mol. The van der Waals surface area contributed by atoms with E-state index in [1.165, 1.54) is 0 Å². The molecule has 1 fully saturated rings. The fraction of sp³-hybridized carbons (Fsp3) is 0.375. The molecule has 0 spiro atoms. The molecule has 2 aromatic rings. The van der Waals surface area contributed by atoms with Gasteiger partial charge in [-0.1, -0.05) is 18.2 Å². The Kier molecular flexibility index (Phi) is 4.43. The van der Waals surface area contributed by atoms with Crippen molar-refractivity contribution in [3.05, 3.63) is 42.1 Å². The summed E-state index contributed by atoms with van der Waals surface area (Å²) in [4.78, 5) is 18.5. The molecule has 0 saturated carbocycles. The standard InChI is InChI=1S/C16H18N2O3/c19-16(21-10-7-18-5-8-20-9-6-18)14-11-13-3-1-2-4-15(13)17-12-14/h1-4,11-12H,5-10H2. The molecule has 0 radical (unpaired) electrons. The van der Waals surface area contributed by atoms with Crippen molar-refractivity contribution < 1.29 is 14.3 Å². The van der Waals surface area contributed by atoms with Gasteiger partial charge in [-0.15, -0.1) is 0 Å². The number of rotatable bonds is 4. The Labute approximate surface area is 123 Å². The minimum atomic E-state index is -0.318. The van der Waals surface area contributed by atoms with E-state index in [0.29, 0.717) is 12.2 Å². The summed E-state index contributed by atoms with van der Waals surface area (Å²) in [6.07, 6.45) is 1.57. The molecule has 1 aliphatic heterocycles. The second kappa shape index (κ2) is 6.65.